The Labute approximate surface area is 165 Å². The first-order valence-electron chi connectivity index (χ1n) is 7.96. The number of benzene rings is 1. The van der Waals surface area contributed by atoms with Gasteiger partial charge in [0.25, 0.3) is 0 Å². The van der Waals surface area contributed by atoms with Crippen LogP contribution in [-0.2, 0) is 22.4 Å². The van der Waals surface area contributed by atoms with Crippen LogP contribution in [0.1, 0.15) is 11.5 Å². The summed E-state index contributed by atoms with van der Waals surface area (Å²) in [5.41, 5.74) is -2.56. The summed E-state index contributed by atoms with van der Waals surface area (Å²) in [6.07, 6.45) is -10.4. The maximum absolute atomic E-state index is 13.4. The summed E-state index contributed by atoms with van der Waals surface area (Å²) in [6, 6.07) is 4.76. The van der Waals surface area contributed by atoms with Crippen LogP contribution in [0.25, 0.3) is 16.7 Å². The smallest absolute Gasteiger partial charge is 0.372 e. The van der Waals surface area contributed by atoms with Crippen LogP contribution in [0.3, 0.4) is 0 Å². The minimum atomic E-state index is -5.22. The van der Waals surface area contributed by atoms with Crippen LogP contribution in [0.5, 0.6) is 0 Å². The van der Waals surface area contributed by atoms with E-state index in [0.29, 0.717) is 0 Å². The van der Waals surface area contributed by atoms with Crippen LogP contribution in [0.2, 0.25) is 0 Å². The first kappa shape index (κ1) is 21.8. The molecule has 2 aromatic heterocycles. The molecule has 3 aromatic rings. The molecule has 0 bridgehead atoms. The molecule has 0 aliphatic heterocycles. The zero-order chi connectivity index (χ0) is 22.5. The van der Waals surface area contributed by atoms with E-state index in [1.807, 2.05) is 0 Å². The highest BCUT2D eigenvalue weighted by atomic mass is 32.2. The van der Waals surface area contributed by atoms with E-state index in [1.54, 1.807) is 0 Å². The van der Waals surface area contributed by atoms with Crippen molar-refractivity contribution >= 4 is 26.9 Å². The molecule has 2 N–H and O–H groups in total. The van der Waals surface area contributed by atoms with Crippen LogP contribution in [-0.4, -0.2) is 42.3 Å². The van der Waals surface area contributed by atoms with E-state index in [1.165, 1.54) is 26.2 Å². The fourth-order valence-electron chi connectivity index (χ4n) is 2.62. The van der Waals surface area contributed by atoms with Gasteiger partial charge in [-0.3, -0.25) is 0 Å². The summed E-state index contributed by atoms with van der Waals surface area (Å²) in [5.74, 6) is -2.31. The minimum Gasteiger partial charge on any atom is -0.372 e. The summed E-state index contributed by atoms with van der Waals surface area (Å²) in [4.78, 5) is 5.67. The molecule has 0 radical (unpaired) electrons. The normalized spacial score (nSPS) is 13.1. The predicted octanol–water partition coefficient (Wildman–Crippen LogP) is 2.80. The lowest BCUT2D eigenvalue weighted by atomic mass is 10.2. The lowest BCUT2D eigenvalue weighted by Gasteiger charge is -2.12. The zero-order valence-corrected chi connectivity index (χ0v) is 15.9. The third-order valence-electron chi connectivity index (χ3n) is 3.95. The Balaban J connectivity index is 2.29. The Morgan fingerprint density at radius 1 is 0.933 bits per heavy atom. The van der Waals surface area contributed by atoms with E-state index in [4.69, 9.17) is 0 Å². The van der Waals surface area contributed by atoms with Crippen molar-refractivity contribution in [1.29, 1.82) is 0 Å². The van der Waals surface area contributed by atoms with Crippen molar-refractivity contribution in [1.82, 2.24) is 24.5 Å². The topological polar surface area (TPSA) is 102 Å². The first-order chi connectivity index (χ1) is 13.8. The fourth-order valence-corrected chi connectivity index (χ4v) is 3.35. The number of alkyl halides is 6. The van der Waals surface area contributed by atoms with E-state index < -0.39 is 44.9 Å². The lowest BCUT2D eigenvalue weighted by Crippen LogP contribution is -2.18. The Morgan fingerprint density at radius 2 is 1.53 bits per heavy atom. The average Bonchev–Trinajstić information content (AvgIpc) is 3.04. The average molecular weight is 454 g/mol. The molecule has 0 fully saturated rings. The van der Waals surface area contributed by atoms with Gasteiger partial charge in [-0.1, -0.05) is 0 Å². The lowest BCUT2D eigenvalue weighted by molar-refractivity contribution is -0.151. The molecule has 0 unspecified atom stereocenters. The van der Waals surface area contributed by atoms with Crippen LogP contribution < -0.4 is 10.0 Å². The van der Waals surface area contributed by atoms with Gasteiger partial charge in [0.2, 0.25) is 15.8 Å². The fraction of sp³-hybridized carbons (Fsp3) is 0.267. The Morgan fingerprint density at radius 3 is 2.00 bits per heavy atom. The highest BCUT2D eigenvalue weighted by Crippen LogP contribution is 2.39. The molecule has 0 spiro atoms. The molecule has 2 heterocycles. The SMILES string of the molecule is CNc1c2c(C(F)(F)F)nc(C(F)(F)F)nc2nn1-c1ccc(S(=O)(=O)NC)cc1. The maximum Gasteiger partial charge on any atom is 0.451 e. The third-order valence-corrected chi connectivity index (χ3v) is 5.38. The third kappa shape index (κ3) is 3.77. The number of sulfonamides is 1. The second-order valence-corrected chi connectivity index (χ2v) is 7.69. The number of fused-ring (bicyclic) bond motifs is 1. The molecule has 8 nitrogen and oxygen atoms in total. The molecule has 0 saturated carbocycles. The number of aromatic nitrogens is 4. The van der Waals surface area contributed by atoms with Gasteiger partial charge in [0.1, 0.15) is 5.82 Å². The monoisotopic (exact) mass is 454 g/mol. The van der Waals surface area contributed by atoms with Crippen LogP contribution in [0.4, 0.5) is 32.2 Å². The van der Waals surface area contributed by atoms with Crippen molar-refractivity contribution in [3.8, 4) is 5.69 Å². The van der Waals surface area contributed by atoms with Crippen molar-refractivity contribution < 1.29 is 34.8 Å². The van der Waals surface area contributed by atoms with Crippen molar-refractivity contribution in [3.63, 3.8) is 0 Å². The highest BCUT2D eigenvalue weighted by Gasteiger charge is 2.43. The molecule has 0 amide bonds. The van der Waals surface area contributed by atoms with Gasteiger partial charge in [0.05, 0.1) is 16.0 Å². The number of rotatable bonds is 4. The minimum absolute atomic E-state index is 0.0779. The Bertz CT molecular complexity index is 1200. The van der Waals surface area contributed by atoms with E-state index >= 15 is 0 Å². The summed E-state index contributed by atoms with van der Waals surface area (Å²) in [5, 5.41) is 5.45. The van der Waals surface area contributed by atoms with Crippen molar-refractivity contribution in [3.05, 3.63) is 35.8 Å². The molecule has 0 saturated heterocycles. The quantitative estimate of drug-likeness (QED) is 0.588. The molecule has 0 atom stereocenters. The van der Waals surface area contributed by atoms with Gasteiger partial charge in [-0.05, 0) is 31.3 Å². The maximum atomic E-state index is 13.4. The first-order valence-corrected chi connectivity index (χ1v) is 9.45. The molecular formula is C15H12F6N6O2S. The molecular weight excluding hydrogens is 442 g/mol. The van der Waals surface area contributed by atoms with E-state index in [9.17, 15) is 34.8 Å². The largest absolute Gasteiger partial charge is 0.451 e. The van der Waals surface area contributed by atoms with Crippen LogP contribution >= 0.6 is 0 Å². The number of hydrogen-bond donors (Lipinski definition) is 2. The van der Waals surface area contributed by atoms with Gasteiger partial charge in [0, 0.05) is 7.05 Å². The molecule has 15 heteroatoms. The van der Waals surface area contributed by atoms with Gasteiger partial charge in [-0.2, -0.15) is 26.3 Å². The summed E-state index contributed by atoms with van der Waals surface area (Å²) < 4.78 is 106. The molecule has 1 aromatic carbocycles. The summed E-state index contributed by atoms with van der Waals surface area (Å²) in [6.45, 7) is 0. The van der Waals surface area contributed by atoms with Gasteiger partial charge < -0.3 is 5.32 Å². The molecule has 0 aliphatic carbocycles. The summed E-state index contributed by atoms with van der Waals surface area (Å²) >= 11 is 0. The number of nitrogens with zero attached hydrogens (tertiary/aromatic N) is 4. The second-order valence-electron chi connectivity index (χ2n) is 5.80. The van der Waals surface area contributed by atoms with E-state index in [-0.39, 0.29) is 16.4 Å². The standard InChI is InChI=1S/C15H12F6N6O2S/c1-22-12-9-10(14(16,17)18)24-13(15(19,20)21)25-11(9)26-27(12)7-3-5-8(6-4-7)30(28,29)23-2/h3-6,22-23H,1-2H3. The zero-order valence-electron chi connectivity index (χ0n) is 15.1. The van der Waals surface area contributed by atoms with Gasteiger partial charge in [-0.25, -0.2) is 27.8 Å². The molecule has 162 valence electrons. The van der Waals surface area contributed by atoms with Gasteiger partial charge in [-0.15, -0.1) is 5.10 Å². The van der Waals surface area contributed by atoms with Crippen LogP contribution in [0.15, 0.2) is 29.2 Å². The van der Waals surface area contributed by atoms with Crippen molar-refractivity contribution in [2.45, 2.75) is 17.2 Å². The molecule has 3 rings (SSSR count). The van der Waals surface area contributed by atoms with Crippen LogP contribution in [0, 0.1) is 0 Å². The Kier molecular flexibility index (Phi) is 5.14. The number of nitrogens with one attached hydrogen (secondary N) is 2. The second kappa shape index (κ2) is 7.09. The predicted molar refractivity (Wildman–Crippen MR) is 92.5 cm³/mol. The van der Waals surface area contributed by atoms with Gasteiger partial charge in [0.15, 0.2) is 11.3 Å². The molecule has 0 aliphatic rings. The van der Waals surface area contributed by atoms with Crippen molar-refractivity contribution in [2.24, 2.45) is 0 Å². The number of anilines is 1. The van der Waals surface area contributed by atoms with E-state index in [2.05, 4.69) is 25.1 Å². The van der Waals surface area contributed by atoms with E-state index in [0.717, 1.165) is 16.8 Å². The van der Waals surface area contributed by atoms with Gasteiger partial charge >= 0.3 is 12.4 Å². The number of hydrogen-bond acceptors (Lipinski definition) is 6. The molecule has 30 heavy (non-hydrogen) atoms. The van der Waals surface area contributed by atoms with Crippen molar-refractivity contribution in [2.75, 3.05) is 19.4 Å². The number of halogens is 6. The Hall–Kier alpha value is -2.94. The summed E-state index contributed by atoms with van der Waals surface area (Å²) in [7, 11) is -1.34. The highest BCUT2D eigenvalue weighted by molar-refractivity contribution is 7.89.